The molecule has 0 radical (unpaired) electrons. The van der Waals surface area contributed by atoms with Crippen LogP contribution in [-0.2, 0) is 71.0 Å². The lowest BCUT2D eigenvalue weighted by Gasteiger charge is -2.44. The van der Waals surface area contributed by atoms with Gasteiger partial charge in [0.15, 0.2) is 12.5 Å². The molecular formula is C81H120FNO8. The number of ether oxygens (including phenoxy) is 7. The fourth-order valence-corrected chi connectivity index (χ4v) is 12.5. The normalized spacial score (nSPS) is 17.6. The number of hydrogen-bond acceptors (Lipinski definition) is 8. The van der Waals surface area contributed by atoms with E-state index in [-0.39, 0.29) is 38.9 Å². The van der Waals surface area contributed by atoms with Gasteiger partial charge in [-0.15, -0.1) is 0 Å². The van der Waals surface area contributed by atoms with Gasteiger partial charge in [-0.3, -0.25) is 4.79 Å². The number of unbranched alkanes of at least 4 members (excludes halogenated alkanes) is 29. The summed E-state index contributed by atoms with van der Waals surface area (Å²) in [6, 6.07) is 49.3. The minimum atomic E-state index is -1.79. The van der Waals surface area contributed by atoms with Gasteiger partial charge >= 0.3 is 0 Å². The molecule has 1 heterocycles. The Morgan fingerprint density at radius 3 is 1.19 bits per heavy atom. The first kappa shape index (κ1) is 75.3. The van der Waals surface area contributed by atoms with Crippen LogP contribution in [0.15, 0.2) is 152 Å². The highest BCUT2D eigenvalue weighted by Crippen LogP contribution is 2.32. The van der Waals surface area contributed by atoms with Crippen LogP contribution in [0.5, 0.6) is 0 Å². The number of nitrogens with one attached hydrogen (secondary N) is 1. The molecule has 1 fully saturated rings. The molecule has 9 nitrogen and oxygen atoms in total. The predicted octanol–water partition coefficient (Wildman–Crippen LogP) is 21.0. The summed E-state index contributed by atoms with van der Waals surface area (Å²) in [6.07, 6.45) is 33.3. The van der Waals surface area contributed by atoms with Crippen molar-refractivity contribution in [2.45, 2.75) is 308 Å². The van der Waals surface area contributed by atoms with Crippen molar-refractivity contribution in [2.75, 3.05) is 13.2 Å². The highest BCUT2D eigenvalue weighted by Gasteiger charge is 2.49. The van der Waals surface area contributed by atoms with E-state index in [2.05, 4.69) is 43.4 Å². The first-order valence-electron chi connectivity index (χ1n) is 36.4. The maximum atomic E-state index is 17.9. The van der Waals surface area contributed by atoms with E-state index in [4.69, 9.17) is 33.2 Å². The fourth-order valence-electron chi connectivity index (χ4n) is 12.5. The zero-order chi connectivity index (χ0) is 63.7. The number of carbonyl (C=O) groups excluding carboxylic acids is 1. The monoisotopic (exact) mass is 1250 g/mol. The van der Waals surface area contributed by atoms with Crippen molar-refractivity contribution in [1.29, 1.82) is 0 Å². The minimum absolute atomic E-state index is 0.0863. The Balaban J connectivity index is 1.17. The van der Waals surface area contributed by atoms with Gasteiger partial charge in [-0.05, 0) is 40.7 Å². The van der Waals surface area contributed by atoms with Crippen LogP contribution in [-0.4, -0.2) is 68.1 Å². The van der Waals surface area contributed by atoms with Crippen LogP contribution >= 0.6 is 0 Å². The zero-order valence-corrected chi connectivity index (χ0v) is 56.5. The number of alkyl halides is 1. The summed E-state index contributed by atoms with van der Waals surface area (Å²) in [7, 11) is 0. The average molecular weight is 1250 g/mol. The molecule has 6 rings (SSSR count). The van der Waals surface area contributed by atoms with Gasteiger partial charge in [0.1, 0.15) is 24.4 Å². The summed E-state index contributed by atoms with van der Waals surface area (Å²) in [4.78, 5) is 14.6. The standard InChI is InChI=1S/C81H120FNO8/c1-3-5-7-9-11-13-15-17-18-19-20-21-22-23-25-27-29-31-48-60-76(84)83-73(78(87-63-70-53-41-34-42-54-70)74(86-62-69-51-39-33-40-52-69)59-47-30-28-26-24-16-14-12-10-8-6-4-2)66-90-81-77(82)80(89-65-72-57-45-36-46-58-72)79(88-64-71-55-43-35-44-56-71)75(91-81)67-85-61-68-49-37-32-38-50-68/h32-46,49-58,73-75,77-81H,3-31,47-48,59-67H2,1-2H3,(H,83,84)/t73-,74+,75+,77+,78-,79-,80+,81-/m0/s1. The summed E-state index contributed by atoms with van der Waals surface area (Å²) in [5.41, 5.74) is 4.89. The van der Waals surface area contributed by atoms with Crippen molar-refractivity contribution in [3.63, 3.8) is 0 Å². The molecule has 0 aromatic heterocycles. The molecule has 1 N–H and O–H groups in total. The minimum Gasteiger partial charge on any atom is -0.374 e. The van der Waals surface area contributed by atoms with E-state index in [1.54, 1.807) is 0 Å². The Morgan fingerprint density at radius 2 is 0.769 bits per heavy atom. The summed E-state index contributed by atoms with van der Waals surface area (Å²) in [5, 5.41) is 3.43. The number of carbonyl (C=O) groups is 1. The second kappa shape index (κ2) is 49.8. The van der Waals surface area contributed by atoms with Crippen molar-refractivity contribution in [2.24, 2.45) is 0 Å². The van der Waals surface area contributed by atoms with Crippen molar-refractivity contribution in [3.8, 4) is 0 Å². The predicted molar refractivity (Wildman–Crippen MR) is 371 cm³/mol. The molecule has 1 amide bonds. The third-order valence-corrected chi connectivity index (χ3v) is 18.0. The van der Waals surface area contributed by atoms with E-state index < -0.39 is 49.0 Å². The summed E-state index contributed by atoms with van der Waals surface area (Å²) in [6.45, 7) is 5.87. The van der Waals surface area contributed by atoms with Crippen LogP contribution in [0.1, 0.15) is 254 Å². The Bertz CT molecular complexity index is 2460. The zero-order valence-electron chi connectivity index (χ0n) is 56.5. The number of benzene rings is 5. The molecular weight excluding hydrogens is 1130 g/mol. The molecule has 5 aromatic rings. The molecule has 10 heteroatoms. The van der Waals surface area contributed by atoms with Crippen LogP contribution in [0.3, 0.4) is 0 Å². The number of rotatable bonds is 55. The quantitative estimate of drug-likeness (QED) is 0.0385. The summed E-state index contributed by atoms with van der Waals surface area (Å²) in [5.74, 6) is -0.0898. The van der Waals surface area contributed by atoms with Crippen molar-refractivity contribution in [3.05, 3.63) is 179 Å². The topological polar surface area (TPSA) is 93.7 Å². The molecule has 1 aliphatic heterocycles. The molecule has 0 saturated carbocycles. The van der Waals surface area contributed by atoms with E-state index in [1.807, 2.05) is 127 Å². The van der Waals surface area contributed by atoms with Gasteiger partial charge in [0.05, 0.1) is 58.4 Å². The smallest absolute Gasteiger partial charge is 0.220 e. The van der Waals surface area contributed by atoms with Crippen LogP contribution in [0.25, 0.3) is 0 Å². The third kappa shape index (κ3) is 33.3. The fraction of sp³-hybridized carbons (Fsp3) is 0.617. The Kier molecular flexibility index (Phi) is 41.1. The molecule has 0 aliphatic carbocycles. The number of halogens is 1. The Labute approximate surface area is 551 Å². The highest BCUT2D eigenvalue weighted by atomic mass is 19.1. The van der Waals surface area contributed by atoms with Crippen LogP contribution in [0.4, 0.5) is 4.39 Å². The lowest BCUT2D eigenvalue weighted by molar-refractivity contribution is -0.308. The highest BCUT2D eigenvalue weighted by molar-refractivity contribution is 5.76. The Hall–Kier alpha value is -4.78. The van der Waals surface area contributed by atoms with Gasteiger partial charge in [-0.25, -0.2) is 4.39 Å². The van der Waals surface area contributed by atoms with E-state index >= 15 is 4.39 Å². The van der Waals surface area contributed by atoms with E-state index in [1.165, 1.54) is 161 Å². The largest absolute Gasteiger partial charge is 0.374 e. The second-order valence-electron chi connectivity index (χ2n) is 25.9. The number of hydrogen-bond donors (Lipinski definition) is 1. The molecule has 91 heavy (non-hydrogen) atoms. The molecule has 0 unspecified atom stereocenters. The molecule has 1 aliphatic rings. The SMILES string of the molecule is CCCCCCCCCCCCCCCCCCCCCC(=O)N[C@@H](CO[C@H]1O[C@H](COCc2ccccc2)[C@H](OCc2ccccc2)[C@H](OCc2ccccc2)[C@H]1F)[C@H](OCc1ccccc1)[C@@H](CCCCCCCCCCCCCC)OCc1ccccc1. The lowest BCUT2D eigenvalue weighted by Crippen LogP contribution is -2.60. The molecule has 0 spiro atoms. The number of amides is 1. The van der Waals surface area contributed by atoms with Crippen LogP contribution < -0.4 is 5.32 Å². The average Bonchev–Trinajstić information content (AvgIpc) is 2.00. The first-order chi connectivity index (χ1) is 45.0. The second-order valence-corrected chi connectivity index (χ2v) is 25.9. The molecule has 504 valence electrons. The van der Waals surface area contributed by atoms with E-state index in [0.717, 1.165) is 66.3 Å². The van der Waals surface area contributed by atoms with Gasteiger partial charge < -0.3 is 38.5 Å². The van der Waals surface area contributed by atoms with Gasteiger partial charge in [-0.1, -0.05) is 358 Å². The van der Waals surface area contributed by atoms with Gasteiger partial charge in [0.25, 0.3) is 0 Å². The van der Waals surface area contributed by atoms with Gasteiger partial charge in [-0.2, -0.15) is 0 Å². The summed E-state index contributed by atoms with van der Waals surface area (Å²) >= 11 is 0. The third-order valence-electron chi connectivity index (χ3n) is 18.0. The molecule has 8 atom stereocenters. The Morgan fingerprint density at radius 1 is 0.418 bits per heavy atom. The molecule has 5 aromatic carbocycles. The maximum Gasteiger partial charge on any atom is 0.220 e. The van der Waals surface area contributed by atoms with Gasteiger partial charge in [0, 0.05) is 6.42 Å². The van der Waals surface area contributed by atoms with Crippen LogP contribution in [0, 0.1) is 0 Å². The first-order valence-corrected chi connectivity index (χ1v) is 36.4. The van der Waals surface area contributed by atoms with Crippen molar-refractivity contribution < 1.29 is 42.3 Å². The summed E-state index contributed by atoms with van der Waals surface area (Å²) < 4.78 is 65.4. The van der Waals surface area contributed by atoms with Crippen LogP contribution in [0.2, 0.25) is 0 Å². The lowest BCUT2D eigenvalue weighted by atomic mass is 9.97. The van der Waals surface area contributed by atoms with E-state index in [9.17, 15) is 4.79 Å². The van der Waals surface area contributed by atoms with Gasteiger partial charge in [0.2, 0.25) is 5.91 Å². The molecule has 0 bridgehead atoms. The maximum absolute atomic E-state index is 17.9. The van der Waals surface area contributed by atoms with Crippen molar-refractivity contribution in [1.82, 2.24) is 5.32 Å². The molecule has 1 saturated heterocycles. The van der Waals surface area contributed by atoms with E-state index in [0.29, 0.717) is 26.1 Å². The van der Waals surface area contributed by atoms with Crippen molar-refractivity contribution >= 4 is 5.91 Å².